The molecule has 0 spiro atoms. The van der Waals surface area contributed by atoms with Crippen molar-refractivity contribution in [2.45, 2.75) is 0 Å². The predicted octanol–water partition coefficient (Wildman–Crippen LogP) is 7.18. The molecule has 160 valence electrons. The zero-order valence-corrected chi connectivity index (χ0v) is 18.3. The molecule has 0 amide bonds. The second kappa shape index (κ2) is 7.42. The van der Waals surface area contributed by atoms with Crippen LogP contribution in [-0.4, -0.2) is 19.1 Å². The van der Waals surface area contributed by atoms with Gasteiger partial charge in [0, 0.05) is 46.0 Å². The first-order valence-electron chi connectivity index (χ1n) is 11.3. The molecule has 0 unspecified atom stereocenters. The van der Waals surface area contributed by atoms with Gasteiger partial charge >= 0.3 is 0 Å². The first kappa shape index (κ1) is 18.8. The highest BCUT2D eigenvalue weighted by atomic mass is 15.1. The third kappa shape index (κ3) is 2.79. The Bertz CT molecular complexity index is 1790. The Balaban J connectivity index is 1.61. The summed E-state index contributed by atoms with van der Waals surface area (Å²) in [5.74, 6) is 0.897. The van der Waals surface area contributed by atoms with Crippen molar-refractivity contribution in [1.82, 2.24) is 19.1 Å². The molecular formula is C30H20N4. The van der Waals surface area contributed by atoms with E-state index in [0.717, 1.165) is 33.8 Å². The Labute approximate surface area is 196 Å². The van der Waals surface area contributed by atoms with Crippen LogP contribution in [0.1, 0.15) is 0 Å². The number of aromatic nitrogens is 4. The summed E-state index contributed by atoms with van der Waals surface area (Å²) in [5.41, 5.74) is 6.60. The molecular weight excluding hydrogens is 416 g/mol. The van der Waals surface area contributed by atoms with E-state index in [2.05, 4.69) is 111 Å². The highest BCUT2D eigenvalue weighted by Gasteiger charge is 2.18. The number of para-hydroxylation sites is 2. The minimum Gasteiger partial charge on any atom is -0.315 e. The van der Waals surface area contributed by atoms with E-state index in [9.17, 15) is 0 Å². The Morgan fingerprint density at radius 1 is 0.588 bits per heavy atom. The maximum atomic E-state index is 5.11. The van der Waals surface area contributed by atoms with Crippen LogP contribution >= 0.6 is 0 Å². The van der Waals surface area contributed by atoms with Crippen molar-refractivity contribution >= 4 is 32.7 Å². The zero-order valence-electron chi connectivity index (χ0n) is 18.3. The van der Waals surface area contributed by atoms with E-state index in [0.29, 0.717) is 0 Å². The molecule has 7 aromatic rings. The standard InChI is InChI=1S/C30H20N4/c1-2-7-23(8-3-1)33-20-17-22-13-14-25-24-9-4-5-11-27(24)34(30(25)29(22)33)28-12-6-10-26(32-28)21-15-18-31-19-16-21/h1-20H. The first-order valence-corrected chi connectivity index (χ1v) is 11.3. The quantitative estimate of drug-likeness (QED) is 0.294. The number of nitrogens with zero attached hydrogens (tertiary/aromatic N) is 4. The molecule has 0 atom stereocenters. The molecule has 4 aromatic heterocycles. The number of fused-ring (bicyclic) bond motifs is 5. The van der Waals surface area contributed by atoms with Crippen LogP contribution in [0.3, 0.4) is 0 Å². The molecule has 0 aliphatic heterocycles. The minimum atomic E-state index is 0.897. The van der Waals surface area contributed by atoms with Crippen molar-refractivity contribution in [2.75, 3.05) is 0 Å². The van der Waals surface area contributed by atoms with E-state index < -0.39 is 0 Å². The second-order valence-corrected chi connectivity index (χ2v) is 8.39. The molecule has 0 saturated heterocycles. The molecule has 0 aliphatic carbocycles. The predicted molar refractivity (Wildman–Crippen MR) is 139 cm³/mol. The van der Waals surface area contributed by atoms with Gasteiger partial charge in [-0.05, 0) is 48.5 Å². The molecule has 0 bridgehead atoms. The maximum absolute atomic E-state index is 5.11. The fourth-order valence-electron chi connectivity index (χ4n) is 4.95. The molecule has 4 heteroatoms. The summed E-state index contributed by atoms with van der Waals surface area (Å²) < 4.78 is 4.58. The summed E-state index contributed by atoms with van der Waals surface area (Å²) in [7, 11) is 0. The molecule has 0 fully saturated rings. The third-order valence-corrected chi connectivity index (χ3v) is 6.46. The van der Waals surface area contributed by atoms with Crippen LogP contribution in [0.5, 0.6) is 0 Å². The van der Waals surface area contributed by atoms with E-state index in [1.54, 1.807) is 12.4 Å². The van der Waals surface area contributed by atoms with E-state index in [-0.39, 0.29) is 0 Å². The lowest BCUT2D eigenvalue weighted by atomic mass is 10.1. The van der Waals surface area contributed by atoms with Crippen molar-refractivity contribution in [3.63, 3.8) is 0 Å². The second-order valence-electron chi connectivity index (χ2n) is 8.39. The lowest BCUT2D eigenvalue weighted by Crippen LogP contribution is -2.00. The number of hydrogen-bond donors (Lipinski definition) is 0. The fourth-order valence-corrected chi connectivity index (χ4v) is 4.95. The normalized spacial score (nSPS) is 11.5. The smallest absolute Gasteiger partial charge is 0.138 e. The molecule has 0 N–H and O–H groups in total. The summed E-state index contributed by atoms with van der Waals surface area (Å²) in [5, 5.41) is 3.64. The van der Waals surface area contributed by atoms with Gasteiger partial charge in [0.15, 0.2) is 0 Å². The van der Waals surface area contributed by atoms with E-state index >= 15 is 0 Å². The molecule has 3 aromatic carbocycles. The van der Waals surface area contributed by atoms with Gasteiger partial charge < -0.3 is 4.57 Å². The van der Waals surface area contributed by atoms with Crippen LogP contribution in [0.25, 0.3) is 55.5 Å². The van der Waals surface area contributed by atoms with Gasteiger partial charge in [0.2, 0.25) is 0 Å². The average molecular weight is 437 g/mol. The Hall–Kier alpha value is -4.70. The summed E-state index contributed by atoms with van der Waals surface area (Å²) in [6.07, 6.45) is 5.77. The molecule has 0 radical (unpaired) electrons. The monoisotopic (exact) mass is 436 g/mol. The van der Waals surface area contributed by atoms with Crippen molar-refractivity contribution in [2.24, 2.45) is 0 Å². The van der Waals surface area contributed by atoms with Gasteiger partial charge in [-0.25, -0.2) is 4.98 Å². The van der Waals surface area contributed by atoms with Crippen molar-refractivity contribution in [3.05, 3.63) is 122 Å². The van der Waals surface area contributed by atoms with E-state index in [1.165, 1.54) is 21.7 Å². The summed E-state index contributed by atoms with van der Waals surface area (Å²) in [6.45, 7) is 0. The molecule has 0 saturated carbocycles. The summed E-state index contributed by atoms with van der Waals surface area (Å²) in [6, 6.07) is 35.9. The van der Waals surface area contributed by atoms with Crippen molar-refractivity contribution in [1.29, 1.82) is 0 Å². The number of hydrogen-bond acceptors (Lipinski definition) is 2. The minimum absolute atomic E-state index is 0.897. The highest BCUT2D eigenvalue weighted by molar-refractivity contribution is 6.18. The van der Waals surface area contributed by atoms with Gasteiger partial charge in [0.1, 0.15) is 5.82 Å². The number of pyridine rings is 2. The van der Waals surface area contributed by atoms with Crippen LogP contribution in [0.2, 0.25) is 0 Å². The molecule has 4 nitrogen and oxygen atoms in total. The number of rotatable bonds is 3. The largest absolute Gasteiger partial charge is 0.315 e. The summed E-state index contributed by atoms with van der Waals surface area (Å²) >= 11 is 0. The van der Waals surface area contributed by atoms with Crippen LogP contribution in [0.4, 0.5) is 0 Å². The van der Waals surface area contributed by atoms with Crippen molar-refractivity contribution < 1.29 is 0 Å². The average Bonchev–Trinajstić information content (AvgIpc) is 3.49. The lowest BCUT2D eigenvalue weighted by molar-refractivity contribution is 1.07. The molecule has 7 rings (SSSR count). The van der Waals surface area contributed by atoms with Gasteiger partial charge in [-0.1, -0.05) is 54.6 Å². The molecule has 34 heavy (non-hydrogen) atoms. The molecule has 4 heterocycles. The van der Waals surface area contributed by atoms with E-state index in [4.69, 9.17) is 4.98 Å². The first-order chi connectivity index (χ1) is 16.9. The zero-order chi connectivity index (χ0) is 22.5. The maximum Gasteiger partial charge on any atom is 0.138 e. The number of benzene rings is 3. The summed E-state index contributed by atoms with van der Waals surface area (Å²) in [4.78, 5) is 9.26. The fraction of sp³-hybridized carbons (Fsp3) is 0. The lowest BCUT2D eigenvalue weighted by Gasteiger charge is -2.12. The van der Waals surface area contributed by atoms with Crippen molar-refractivity contribution in [3.8, 4) is 22.8 Å². The third-order valence-electron chi connectivity index (χ3n) is 6.46. The molecule has 0 aliphatic rings. The Morgan fingerprint density at radius 2 is 1.41 bits per heavy atom. The topological polar surface area (TPSA) is 35.6 Å². The van der Waals surface area contributed by atoms with Crippen LogP contribution in [0.15, 0.2) is 122 Å². The van der Waals surface area contributed by atoms with Gasteiger partial charge in [0.05, 0.1) is 22.2 Å². The Morgan fingerprint density at radius 3 is 2.29 bits per heavy atom. The van der Waals surface area contributed by atoms with Gasteiger partial charge in [-0.3, -0.25) is 9.55 Å². The van der Waals surface area contributed by atoms with Crippen LogP contribution in [-0.2, 0) is 0 Å². The Kier molecular flexibility index (Phi) is 4.11. The van der Waals surface area contributed by atoms with Crippen LogP contribution in [0, 0.1) is 0 Å². The highest BCUT2D eigenvalue weighted by Crippen LogP contribution is 2.37. The van der Waals surface area contributed by atoms with Gasteiger partial charge in [-0.15, -0.1) is 0 Å². The van der Waals surface area contributed by atoms with Gasteiger partial charge in [0.25, 0.3) is 0 Å². The SMILES string of the molecule is c1ccc(-n2ccc3ccc4c5ccccc5n(-c5cccc(-c6ccncc6)n5)c4c32)cc1. The van der Waals surface area contributed by atoms with Gasteiger partial charge in [-0.2, -0.15) is 0 Å². The van der Waals surface area contributed by atoms with E-state index in [1.807, 2.05) is 12.1 Å². The van der Waals surface area contributed by atoms with Crippen LogP contribution < -0.4 is 0 Å².